The predicted molar refractivity (Wildman–Crippen MR) is 73.8 cm³/mol. The molecule has 1 heterocycles. The summed E-state index contributed by atoms with van der Waals surface area (Å²) in [5, 5.41) is 9.08. The van der Waals surface area contributed by atoms with Gasteiger partial charge in [0, 0.05) is 5.56 Å². The number of nitrogens with zero attached hydrogens (tertiary/aromatic N) is 1. The summed E-state index contributed by atoms with van der Waals surface area (Å²) in [6.45, 7) is 5.94. The van der Waals surface area contributed by atoms with E-state index in [0.29, 0.717) is 11.1 Å². The number of anilines is 1. The van der Waals surface area contributed by atoms with Crippen LogP contribution in [0.5, 0.6) is 5.75 Å². The van der Waals surface area contributed by atoms with Crippen LogP contribution in [0, 0.1) is 18.3 Å². The van der Waals surface area contributed by atoms with Gasteiger partial charge in [-0.25, -0.2) is 0 Å². The molecule has 0 unspecified atom stereocenters. The molecule has 2 aromatic rings. The lowest BCUT2D eigenvalue weighted by molar-refractivity contribution is 0.241. The lowest BCUT2D eigenvalue weighted by Gasteiger charge is -2.13. The Bertz CT molecular complexity index is 636. The van der Waals surface area contributed by atoms with E-state index in [1.807, 2.05) is 39.0 Å². The predicted octanol–water partition coefficient (Wildman–Crippen LogP) is 3.50. The molecule has 4 heteroatoms. The molecule has 0 saturated heterocycles. The molecule has 1 aromatic heterocycles. The molecule has 0 fully saturated rings. The molecule has 0 spiro atoms. The first kappa shape index (κ1) is 13.0. The number of ether oxygens (including phenoxy) is 1. The first-order valence-corrected chi connectivity index (χ1v) is 6.07. The fourth-order valence-corrected chi connectivity index (χ4v) is 1.90. The molecule has 0 aliphatic heterocycles. The second kappa shape index (κ2) is 5.07. The monoisotopic (exact) mass is 256 g/mol. The van der Waals surface area contributed by atoms with Gasteiger partial charge in [-0.15, -0.1) is 0 Å². The number of nitrogen functional groups attached to an aromatic ring is 1. The minimum Gasteiger partial charge on any atom is -0.491 e. The van der Waals surface area contributed by atoms with Crippen molar-refractivity contribution in [3.05, 3.63) is 35.6 Å². The minimum absolute atomic E-state index is 0.129. The average molecular weight is 256 g/mol. The number of hydrogen-bond acceptors (Lipinski definition) is 4. The highest BCUT2D eigenvalue weighted by atomic mass is 16.5. The summed E-state index contributed by atoms with van der Waals surface area (Å²) in [6, 6.07) is 7.82. The van der Waals surface area contributed by atoms with Crippen LogP contribution in [0.2, 0.25) is 0 Å². The number of nitriles is 1. The molecule has 4 nitrogen and oxygen atoms in total. The summed E-state index contributed by atoms with van der Waals surface area (Å²) in [5.74, 6) is 0.992. The molecule has 0 saturated carbocycles. The van der Waals surface area contributed by atoms with Gasteiger partial charge in [-0.05, 0) is 44.0 Å². The van der Waals surface area contributed by atoms with Crippen molar-refractivity contribution in [1.29, 1.82) is 5.26 Å². The van der Waals surface area contributed by atoms with Gasteiger partial charge in [0.05, 0.1) is 6.10 Å². The summed E-state index contributed by atoms with van der Waals surface area (Å²) in [7, 11) is 0. The summed E-state index contributed by atoms with van der Waals surface area (Å²) >= 11 is 0. The largest absolute Gasteiger partial charge is 0.491 e. The summed E-state index contributed by atoms with van der Waals surface area (Å²) in [6.07, 6.45) is 1.63. The molecular formula is C15H16N2O2. The number of nitrogens with two attached hydrogens (primary N) is 1. The Kier molecular flexibility index (Phi) is 3.48. The molecule has 2 rings (SSSR count). The smallest absolute Gasteiger partial charge is 0.208 e. The molecule has 0 atom stereocenters. The molecule has 0 radical (unpaired) electrons. The van der Waals surface area contributed by atoms with Gasteiger partial charge in [0.25, 0.3) is 0 Å². The van der Waals surface area contributed by atoms with E-state index in [-0.39, 0.29) is 12.0 Å². The Morgan fingerprint density at radius 1 is 1.37 bits per heavy atom. The van der Waals surface area contributed by atoms with E-state index in [4.69, 9.17) is 20.1 Å². The van der Waals surface area contributed by atoms with Gasteiger partial charge >= 0.3 is 0 Å². The SMILES string of the molecule is Cc1cc(-c2coc(N)c2C#N)ccc1OC(C)C. The maximum Gasteiger partial charge on any atom is 0.208 e. The van der Waals surface area contributed by atoms with E-state index in [2.05, 4.69) is 6.07 Å². The second-order valence-electron chi connectivity index (χ2n) is 4.65. The quantitative estimate of drug-likeness (QED) is 0.912. The molecule has 1 aromatic carbocycles. The third-order valence-electron chi connectivity index (χ3n) is 2.78. The number of hydrogen-bond donors (Lipinski definition) is 1. The van der Waals surface area contributed by atoms with Crippen LogP contribution in [0.4, 0.5) is 5.88 Å². The molecule has 0 aliphatic rings. The Balaban J connectivity index is 2.42. The van der Waals surface area contributed by atoms with E-state index in [1.54, 1.807) is 0 Å². The first-order valence-electron chi connectivity index (χ1n) is 6.07. The van der Waals surface area contributed by atoms with E-state index in [9.17, 15) is 0 Å². The highest BCUT2D eigenvalue weighted by molar-refractivity contribution is 5.75. The molecule has 0 amide bonds. The van der Waals surface area contributed by atoms with E-state index in [1.165, 1.54) is 6.26 Å². The van der Waals surface area contributed by atoms with Crippen LogP contribution >= 0.6 is 0 Å². The van der Waals surface area contributed by atoms with Crippen molar-refractivity contribution in [2.24, 2.45) is 0 Å². The van der Waals surface area contributed by atoms with Gasteiger partial charge in [-0.3, -0.25) is 0 Å². The normalized spacial score (nSPS) is 10.5. The Morgan fingerprint density at radius 2 is 2.11 bits per heavy atom. The third kappa shape index (κ3) is 2.55. The zero-order chi connectivity index (χ0) is 14.0. The maximum absolute atomic E-state index is 9.08. The molecule has 98 valence electrons. The molecule has 0 bridgehead atoms. The van der Waals surface area contributed by atoms with Crippen LogP contribution < -0.4 is 10.5 Å². The lowest BCUT2D eigenvalue weighted by atomic mass is 10.0. The number of rotatable bonds is 3. The van der Waals surface area contributed by atoms with Crippen LogP contribution in [-0.2, 0) is 0 Å². The Labute approximate surface area is 112 Å². The summed E-state index contributed by atoms with van der Waals surface area (Å²) in [4.78, 5) is 0. The number of furan rings is 1. The topological polar surface area (TPSA) is 72.2 Å². The zero-order valence-electron chi connectivity index (χ0n) is 11.2. The fourth-order valence-electron chi connectivity index (χ4n) is 1.90. The third-order valence-corrected chi connectivity index (χ3v) is 2.78. The fraction of sp³-hybridized carbons (Fsp3) is 0.267. The van der Waals surface area contributed by atoms with Gasteiger partial charge in [0.2, 0.25) is 5.88 Å². The van der Waals surface area contributed by atoms with Crippen molar-refractivity contribution in [1.82, 2.24) is 0 Å². The van der Waals surface area contributed by atoms with Crippen molar-refractivity contribution in [2.75, 3.05) is 5.73 Å². The van der Waals surface area contributed by atoms with Crippen LogP contribution in [0.25, 0.3) is 11.1 Å². The Morgan fingerprint density at radius 3 is 2.68 bits per heavy atom. The van der Waals surface area contributed by atoms with Crippen molar-refractivity contribution in [3.8, 4) is 22.9 Å². The van der Waals surface area contributed by atoms with Crippen molar-refractivity contribution in [3.63, 3.8) is 0 Å². The molecular weight excluding hydrogens is 240 g/mol. The summed E-state index contributed by atoms with van der Waals surface area (Å²) < 4.78 is 10.8. The van der Waals surface area contributed by atoms with Crippen molar-refractivity contribution >= 4 is 5.88 Å². The maximum atomic E-state index is 9.08. The van der Waals surface area contributed by atoms with E-state index >= 15 is 0 Å². The van der Waals surface area contributed by atoms with E-state index in [0.717, 1.165) is 16.9 Å². The first-order chi connectivity index (χ1) is 9.02. The highest BCUT2D eigenvalue weighted by Crippen LogP contribution is 2.32. The standard InChI is InChI=1S/C15H16N2O2/c1-9(2)19-14-5-4-11(6-10(14)3)13-8-18-15(17)12(13)7-16/h4-6,8-9H,17H2,1-3H3. The molecule has 2 N–H and O–H groups in total. The second-order valence-corrected chi connectivity index (χ2v) is 4.65. The van der Waals surface area contributed by atoms with Gasteiger partial charge in [-0.2, -0.15) is 5.26 Å². The van der Waals surface area contributed by atoms with Crippen molar-refractivity contribution in [2.45, 2.75) is 26.9 Å². The minimum atomic E-state index is 0.129. The number of aryl methyl sites for hydroxylation is 1. The highest BCUT2D eigenvalue weighted by Gasteiger charge is 2.13. The van der Waals surface area contributed by atoms with Crippen LogP contribution in [0.15, 0.2) is 28.9 Å². The van der Waals surface area contributed by atoms with E-state index < -0.39 is 0 Å². The Hall–Kier alpha value is -2.41. The lowest BCUT2D eigenvalue weighted by Crippen LogP contribution is -2.06. The molecule has 0 aliphatic carbocycles. The summed E-state index contributed by atoms with van der Waals surface area (Å²) in [5.41, 5.74) is 8.59. The zero-order valence-corrected chi connectivity index (χ0v) is 11.2. The van der Waals surface area contributed by atoms with Gasteiger partial charge in [0.15, 0.2) is 0 Å². The average Bonchev–Trinajstić information content (AvgIpc) is 2.72. The van der Waals surface area contributed by atoms with Crippen LogP contribution in [0.3, 0.4) is 0 Å². The molecule has 19 heavy (non-hydrogen) atoms. The van der Waals surface area contributed by atoms with Crippen LogP contribution in [0.1, 0.15) is 25.0 Å². The van der Waals surface area contributed by atoms with Crippen LogP contribution in [-0.4, -0.2) is 6.10 Å². The van der Waals surface area contributed by atoms with Gasteiger partial charge in [-0.1, -0.05) is 6.07 Å². The van der Waals surface area contributed by atoms with Gasteiger partial charge < -0.3 is 14.9 Å². The van der Waals surface area contributed by atoms with Gasteiger partial charge in [0.1, 0.15) is 23.6 Å². The van der Waals surface area contributed by atoms with Crippen molar-refractivity contribution < 1.29 is 9.15 Å². The number of benzene rings is 1.